The highest BCUT2D eigenvalue weighted by Gasteiger charge is 1.99. The number of nitrogen functional groups attached to an aromatic ring is 1. The molecule has 1 aromatic heterocycles. The second kappa shape index (κ2) is 2.27. The summed E-state index contributed by atoms with van der Waals surface area (Å²) in [5, 5.41) is 1.03. The summed E-state index contributed by atoms with van der Waals surface area (Å²) in [5.74, 6) is 0.457. The topological polar surface area (TPSA) is 39.2 Å². The zero-order valence-corrected chi connectivity index (χ0v) is 7.26. The van der Waals surface area contributed by atoms with Gasteiger partial charge in [0.25, 0.3) is 0 Å². The molecule has 2 aromatic rings. The summed E-state index contributed by atoms with van der Waals surface area (Å²) in [5.41, 5.74) is 6.28. The maximum atomic E-state index is 5.46. The molecule has 2 N–H and O–H groups in total. The van der Waals surface area contributed by atoms with Crippen molar-refractivity contribution in [1.29, 1.82) is 0 Å². The lowest BCUT2D eigenvalue weighted by Gasteiger charge is -1.87. The zero-order valence-electron chi connectivity index (χ0n) is 5.67. The van der Waals surface area contributed by atoms with Crippen molar-refractivity contribution in [3.05, 3.63) is 28.7 Å². The molecule has 0 saturated heterocycles. The molecule has 11 heavy (non-hydrogen) atoms. The van der Waals surface area contributed by atoms with E-state index in [2.05, 4.69) is 15.9 Å². The Balaban J connectivity index is 2.82. The molecule has 0 fully saturated rings. The van der Waals surface area contributed by atoms with Crippen molar-refractivity contribution in [2.45, 2.75) is 0 Å². The first kappa shape index (κ1) is 6.73. The van der Waals surface area contributed by atoms with Gasteiger partial charge in [-0.15, -0.1) is 0 Å². The zero-order chi connectivity index (χ0) is 7.84. The fourth-order valence-electron chi connectivity index (χ4n) is 1.03. The normalized spacial score (nSPS) is 10.6. The van der Waals surface area contributed by atoms with Crippen molar-refractivity contribution < 1.29 is 4.42 Å². The number of halogens is 1. The Morgan fingerprint density at radius 1 is 1.27 bits per heavy atom. The van der Waals surface area contributed by atoms with Gasteiger partial charge in [-0.1, -0.05) is 15.9 Å². The number of benzene rings is 1. The second-order valence-electron chi connectivity index (χ2n) is 2.33. The molecule has 0 radical (unpaired) electrons. The van der Waals surface area contributed by atoms with Crippen molar-refractivity contribution in [2.75, 3.05) is 5.73 Å². The molecule has 1 aromatic carbocycles. The molecule has 0 atom stereocenters. The summed E-state index contributed by atoms with van der Waals surface area (Å²) in [6, 6.07) is 7.62. The van der Waals surface area contributed by atoms with Crippen LogP contribution < -0.4 is 5.73 Å². The van der Waals surface area contributed by atoms with Gasteiger partial charge in [0.15, 0.2) is 5.88 Å². The van der Waals surface area contributed by atoms with Gasteiger partial charge >= 0.3 is 0 Å². The average molecular weight is 212 g/mol. The monoisotopic (exact) mass is 211 g/mol. The molecule has 0 saturated carbocycles. The molecular formula is C8H6BrNO. The van der Waals surface area contributed by atoms with E-state index in [-0.39, 0.29) is 0 Å². The number of nitrogens with two attached hydrogens (primary N) is 1. The molecule has 0 aliphatic carbocycles. The van der Waals surface area contributed by atoms with Gasteiger partial charge in [0.05, 0.1) is 0 Å². The van der Waals surface area contributed by atoms with Crippen LogP contribution >= 0.6 is 15.9 Å². The Morgan fingerprint density at radius 3 is 2.91 bits per heavy atom. The SMILES string of the molecule is Nc1cc2ccc(Br)cc2o1. The van der Waals surface area contributed by atoms with Crippen molar-refractivity contribution in [2.24, 2.45) is 0 Å². The van der Waals surface area contributed by atoms with E-state index >= 15 is 0 Å². The first-order chi connectivity index (χ1) is 5.25. The van der Waals surface area contributed by atoms with Crippen LogP contribution in [0.4, 0.5) is 5.88 Å². The molecule has 0 aliphatic heterocycles. The lowest BCUT2D eigenvalue weighted by atomic mass is 10.3. The van der Waals surface area contributed by atoms with E-state index in [9.17, 15) is 0 Å². The van der Waals surface area contributed by atoms with Crippen LogP contribution in [0.1, 0.15) is 0 Å². The van der Waals surface area contributed by atoms with E-state index in [1.54, 1.807) is 0 Å². The predicted octanol–water partition coefficient (Wildman–Crippen LogP) is 2.78. The summed E-state index contributed by atoms with van der Waals surface area (Å²) in [7, 11) is 0. The Hall–Kier alpha value is -0.960. The minimum atomic E-state index is 0.457. The first-order valence-corrected chi connectivity index (χ1v) is 3.99. The van der Waals surface area contributed by atoms with E-state index in [0.717, 1.165) is 15.4 Å². The van der Waals surface area contributed by atoms with Crippen LogP contribution in [0.3, 0.4) is 0 Å². The van der Waals surface area contributed by atoms with E-state index < -0.39 is 0 Å². The van der Waals surface area contributed by atoms with Crippen LogP contribution in [-0.4, -0.2) is 0 Å². The Labute approximate surface area is 72.1 Å². The fourth-order valence-corrected chi connectivity index (χ4v) is 1.37. The Bertz CT molecular complexity index is 394. The van der Waals surface area contributed by atoms with Crippen molar-refractivity contribution >= 4 is 32.8 Å². The Kier molecular flexibility index (Phi) is 1.39. The van der Waals surface area contributed by atoms with Crippen LogP contribution in [0.15, 0.2) is 33.2 Å². The van der Waals surface area contributed by atoms with Crippen LogP contribution in [0, 0.1) is 0 Å². The number of fused-ring (bicyclic) bond motifs is 1. The number of anilines is 1. The highest BCUT2D eigenvalue weighted by Crippen LogP contribution is 2.23. The van der Waals surface area contributed by atoms with Gasteiger partial charge in [0.2, 0.25) is 0 Å². The van der Waals surface area contributed by atoms with Gasteiger partial charge in [-0.05, 0) is 18.2 Å². The van der Waals surface area contributed by atoms with Gasteiger partial charge in [-0.2, -0.15) is 0 Å². The largest absolute Gasteiger partial charge is 0.441 e. The average Bonchev–Trinajstić information content (AvgIpc) is 2.27. The maximum absolute atomic E-state index is 5.46. The number of hydrogen-bond acceptors (Lipinski definition) is 2. The van der Waals surface area contributed by atoms with Gasteiger partial charge in [0, 0.05) is 15.9 Å². The van der Waals surface area contributed by atoms with Crippen molar-refractivity contribution in [3.63, 3.8) is 0 Å². The van der Waals surface area contributed by atoms with Gasteiger partial charge in [-0.3, -0.25) is 0 Å². The number of furan rings is 1. The number of rotatable bonds is 0. The molecule has 0 bridgehead atoms. The van der Waals surface area contributed by atoms with E-state index in [1.165, 1.54) is 0 Å². The molecular weight excluding hydrogens is 206 g/mol. The molecule has 3 heteroatoms. The van der Waals surface area contributed by atoms with Crippen LogP contribution in [0.25, 0.3) is 11.0 Å². The molecule has 56 valence electrons. The third kappa shape index (κ3) is 1.12. The van der Waals surface area contributed by atoms with E-state index in [4.69, 9.17) is 10.2 Å². The van der Waals surface area contributed by atoms with Gasteiger partial charge in [-0.25, -0.2) is 0 Å². The van der Waals surface area contributed by atoms with Gasteiger partial charge in [0.1, 0.15) is 5.58 Å². The Morgan fingerprint density at radius 2 is 2.09 bits per heavy atom. The molecule has 0 amide bonds. The summed E-state index contributed by atoms with van der Waals surface area (Å²) in [6.07, 6.45) is 0. The molecule has 2 nitrogen and oxygen atoms in total. The minimum Gasteiger partial charge on any atom is -0.441 e. The van der Waals surface area contributed by atoms with Crippen LogP contribution in [-0.2, 0) is 0 Å². The highest BCUT2D eigenvalue weighted by atomic mass is 79.9. The fraction of sp³-hybridized carbons (Fsp3) is 0. The molecule has 1 heterocycles. The predicted molar refractivity (Wildman–Crippen MR) is 48.3 cm³/mol. The second-order valence-corrected chi connectivity index (χ2v) is 3.25. The van der Waals surface area contributed by atoms with Crippen molar-refractivity contribution in [3.8, 4) is 0 Å². The first-order valence-electron chi connectivity index (χ1n) is 3.20. The smallest absolute Gasteiger partial charge is 0.191 e. The summed E-state index contributed by atoms with van der Waals surface area (Å²) >= 11 is 3.34. The van der Waals surface area contributed by atoms with E-state index in [0.29, 0.717) is 5.88 Å². The standard InChI is InChI=1S/C8H6BrNO/c9-6-2-1-5-3-8(10)11-7(5)4-6/h1-4H,10H2. The maximum Gasteiger partial charge on any atom is 0.191 e. The molecule has 0 unspecified atom stereocenters. The highest BCUT2D eigenvalue weighted by molar-refractivity contribution is 9.10. The lowest BCUT2D eigenvalue weighted by Crippen LogP contribution is -1.75. The number of hydrogen-bond donors (Lipinski definition) is 1. The quantitative estimate of drug-likeness (QED) is 0.729. The lowest BCUT2D eigenvalue weighted by molar-refractivity contribution is 0.637. The van der Waals surface area contributed by atoms with Crippen molar-refractivity contribution in [1.82, 2.24) is 0 Å². The van der Waals surface area contributed by atoms with E-state index in [1.807, 2.05) is 24.3 Å². The summed E-state index contributed by atoms with van der Waals surface area (Å²) < 4.78 is 6.20. The minimum absolute atomic E-state index is 0.457. The summed E-state index contributed by atoms with van der Waals surface area (Å²) in [4.78, 5) is 0. The third-order valence-corrected chi connectivity index (χ3v) is 1.99. The molecule has 0 aliphatic rings. The molecule has 2 rings (SSSR count). The third-order valence-electron chi connectivity index (χ3n) is 1.50. The van der Waals surface area contributed by atoms with Crippen LogP contribution in [0.5, 0.6) is 0 Å². The molecule has 0 spiro atoms. The summed E-state index contributed by atoms with van der Waals surface area (Å²) in [6.45, 7) is 0. The van der Waals surface area contributed by atoms with Crippen LogP contribution in [0.2, 0.25) is 0 Å². The van der Waals surface area contributed by atoms with Gasteiger partial charge < -0.3 is 10.2 Å².